The molecule has 1 atom stereocenters. The van der Waals surface area contributed by atoms with E-state index < -0.39 is 0 Å². The van der Waals surface area contributed by atoms with Crippen molar-refractivity contribution >= 4 is 40.7 Å². The number of ether oxygens (including phenoxy) is 1. The molecule has 7 nitrogen and oxygen atoms in total. The maximum Gasteiger partial charge on any atom is 0.242 e. The lowest BCUT2D eigenvalue weighted by Crippen LogP contribution is -2.48. The molecule has 2 amide bonds. The Hall–Kier alpha value is -3.40. The SMILES string of the molecule is Cc1ccccc1-n1nc(-c2ccccc2)c2c1N(CC(=O)N1CCOCC1)C(=O)CS[C@@H]2c1cccs1. The standard InChI is InChI=1S/C29H28N4O3S2/c1-20-8-5-6-11-22(20)33-29-26(27(30-33)21-9-3-2-4-10-21)28(23-12-7-17-37-23)38-19-25(35)32(29)18-24(34)31-13-15-36-16-14-31/h2-12,17,28H,13-16,18-19H2,1H3/t28-/m1/s1. The fraction of sp³-hybridized carbons (Fsp3) is 0.276. The minimum atomic E-state index is -0.0922. The van der Waals surface area contributed by atoms with Crippen molar-refractivity contribution in [1.82, 2.24) is 14.7 Å². The number of nitrogens with zero attached hydrogens (tertiary/aromatic N) is 4. The first-order valence-electron chi connectivity index (χ1n) is 12.7. The fourth-order valence-corrected chi connectivity index (χ4v) is 7.19. The average Bonchev–Trinajstić information content (AvgIpc) is 3.60. The summed E-state index contributed by atoms with van der Waals surface area (Å²) in [6.45, 7) is 4.11. The van der Waals surface area contributed by atoms with E-state index in [9.17, 15) is 9.59 Å². The zero-order chi connectivity index (χ0) is 26.1. The van der Waals surface area contributed by atoms with Crippen molar-refractivity contribution in [2.75, 3.05) is 43.5 Å². The highest BCUT2D eigenvalue weighted by atomic mass is 32.2. The van der Waals surface area contributed by atoms with E-state index in [4.69, 9.17) is 9.84 Å². The number of rotatable bonds is 5. The molecule has 38 heavy (non-hydrogen) atoms. The number of carbonyl (C=O) groups excluding carboxylic acids is 2. The number of para-hydroxylation sites is 1. The van der Waals surface area contributed by atoms with Gasteiger partial charge in [0.25, 0.3) is 0 Å². The first kappa shape index (κ1) is 24.9. The second-order valence-electron chi connectivity index (χ2n) is 9.33. The summed E-state index contributed by atoms with van der Waals surface area (Å²) in [5, 5.41) is 7.14. The van der Waals surface area contributed by atoms with Crippen LogP contribution < -0.4 is 4.90 Å². The van der Waals surface area contributed by atoms with Gasteiger partial charge in [-0.05, 0) is 30.0 Å². The molecule has 9 heteroatoms. The van der Waals surface area contributed by atoms with E-state index >= 15 is 0 Å². The molecule has 1 saturated heterocycles. The van der Waals surface area contributed by atoms with E-state index in [1.165, 1.54) is 0 Å². The Morgan fingerprint density at radius 2 is 1.79 bits per heavy atom. The van der Waals surface area contributed by atoms with Crippen molar-refractivity contribution in [3.05, 3.63) is 88.1 Å². The summed E-state index contributed by atoms with van der Waals surface area (Å²) in [5.41, 5.74) is 4.70. The molecule has 2 aliphatic rings. The lowest BCUT2D eigenvalue weighted by Gasteiger charge is -2.30. The number of benzene rings is 2. The van der Waals surface area contributed by atoms with E-state index in [2.05, 4.69) is 23.6 Å². The summed E-state index contributed by atoms with van der Waals surface area (Å²) in [5.74, 6) is 0.778. The topological polar surface area (TPSA) is 67.7 Å². The number of thiophene rings is 1. The van der Waals surface area contributed by atoms with Gasteiger partial charge in [0.1, 0.15) is 12.4 Å². The first-order valence-corrected chi connectivity index (χ1v) is 14.6. The van der Waals surface area contributed by atoms with Crippen LogP contribution in [0.4, 0.5) is 5.82 Å². The van der Waals surface area contributed by atoms with Crippen LogP contribution in [0.1, 0.15) is 21.3 Å². The van der Waals surface area contributed by atoms with Crippen molar-refractivity contribution in [3.8, 4) is 16.9 Å². The third-order valence-corrected chi connectivity index (χ3v) is 9.26. The summed E-state index contributed by atoms with van der Waals surface area (Å²) >= 11 is 3.28. The van der Waals surface area contributed by atoms with Crippen molar-refractivity contribution in [2.24, 2.45) is 0 Å². The highest BCUT2D eigenvalue weighted by molar-refractivity contribution is 8.00. The number of fused-ring (bicyclic) bond motifs is 1. The number of hydrogen-bond acceptors (Lipinski definition) is 6. The largest absolute Gasteiger partial charge is 0.378 e. The monoisotopic (exact) mass is 544 g/mol. The van der Waals surface area contributed by atoms with E-state index in [0.29, 0.717) is 32.1 Å². The van der Waals surface area contributed by atoms with Gasteiger partial charge in [-0.15, -0.1) is 23.1 Å². The zero-order valence-electron chi connectivity index (χ0n) is 21.1. The maximum atomic E-state index is 13.8. The highest BCUT2D eigenvalue weighted by Gasteiger charge is 2.38. The van der Waals surface area contributed by atoms with Crippen LogP contribution in [-0.4, -0.2) is 65.1 Å². The Morgan fingerprint density at radius 1 is 1.03 bits per heavy atom. The second-order valence-corrected chi connectivity index (χ2v) is 11.4. The van der Waals surface area contributed by atoms with E-state index in [-0.39, 0.29) is 29.4 Å². The summed E-state index contributed by atoms with van der Waals surface area (Å²) in [4.78, 5) is 31.9. The summed E-state index contributed by atoms with van der Waals surface area (Å²) in [6.07, 6.45) is 0. The van der Waals surface area contributed by atoms with Crippen LogP contribution in [0, 0.1) is 6.92 Å². The molecule has 0 saturated carbocycles. The molecule has 2 aromatic heterocycles. The Balaban J connectivity index is 1.58. The number of hydrogen-bond donors (Lipinski definition) is 0. The molecule has 0 bridgehead atoms. The van der Waals surface area contributed by atoms with Gasteiger partial charge in [0, 0.05) is 29.1 Å². The van der Waals surface area contributed by atoms with Gasteiger partial charge in [0.05, 0.1) is 35.6 Å². The minimum Gasteiger partial charge on any atom is -0.378 e. The normalized spacial score (nSPS) is 17.8. The number of amides is 2. The van der Waals surface area contributed by atoms with Gasteiger partial charge >= 0.3 is 0 Å². The predicted molar refractivity (Wildman–Crippen MR) is 152 cm³/mol. The summed E-state index contributed by atoms with van der Waals surface area (Å²) in [6, 6.07) is 22.3. The lowest BCUT2D eigenvalue weighted by atomic mass is 10.0. The molecular weight excluding hydrogens is 516 g/mol. The van der Waals surface area contributed by atoms with Gasteiger partial charge in [-0.25, -0.2) is 4.68 Å². The van der Waals surface area contributed by atoms with Crippen molar-refractivity contribution in [3.63, 3.8) is 0 Å². The van der Waals surface area contributed by atoms with Crippen LogP contribution in [0.5, 0.6) is 0 Å². The van der Waals surface area contributed by atoms with Crippen molar-refractivity contribution < 1.29 is 14.3 Å². The van der Waals surface area contributed by atoms with Gasteiger partial charge in [0.2, 0.25) is 11.8 Å². The van der Waals surface area contributed by atoms with Gasteiger partial charge < -0.3 is 9.64 Å². The molecule has 2 aromatic carbocycles. The molecule has 1 fully saturated rings. The van der Waals surface area contributed by atoms with Crippen molar-refractivity contribution in [1.29, 1.82) is 0 Å². The molecule has 0 unspecified atom stereocenters. The molecule has 4 aromatic rings. The Labute approximate surface area is 230 Å². The van der Waals surface area contributed by atoms with Crippen molar-refractivity contribution in [2.45, 2.75) is 12.2 Å². The molecule has 6 rings (SSSR count). The van der Waals surface area contributed by atoms with Crippen LogP contribution in [0.15, 0.2) is 72.1 Å². The zero-order valence-corrected chi connectivity index (χ0v) is 22.7. The van der Waals surface area contributed by atoms with Crippen LogP contribution in [0.25, 0.3) is 16.9 Å². The Bertz CT molecular complexity index is 1450. The Morgan fingerprint density at radius 3 is 2.53 bits per heavy atom. The quantitative estimate of drug-likeness (QED) is 0.356. The lowest BCUT2D eigenvalue weighted by molar-refractivity contribution is -0.134. The molecule has 0 N–H and O–H groups in total. The first-order chi connectivity index (χ1) is 18.6. The average molecular weight is 545 g/mol. The van der Waals surface area contributed by atoms with E-state index in [0.717, 1.165) is 32.9 Å². The third-order valence-electron chi connectivity index (χ3n) is 6.94. The van der Waals surface area contributed by atoms with Gasteiger partial charge in [0.15, 0.2) is 0 Å². The van der Waals surface area contributed by atoms with Crippen LogP contribution in [-0.2, 0) is 14.3 Å². The maximum absolute atomic E-state index is 13.8. The van der Waals surface area contributed by atoms with Gasteiger partial charge in [-0.3, -0.25) is 14.5 Å². The number of thioether (sulfide) groups is 1. The fourth-order valence-electron chi connectivity index (χ4n) is 5.01. The highest BCUT2D eigenvalue weighted by Crippen LogP contribution is 2.49. The molecule has 2 aliphatic heterocycles. The number of aromatic nitrogens is 2. The second kappa shape index (κ2) is 10.8. The molecular formula is C29H28N4O3S2. The number of carbonyl (C=O) groups is 2. The van der Waals surface area contributed by atoms with Crippen LogP contribution >= 0.6 is 23.1 Å². The summed E-state index contributed by atoms with van der Waals surface area (Å²) in [7, 11) is 0. The van der Waals surface area contributed by atoms with Crippen LogP contribution in [0.3, 0.4) is 0 Å². The molecule has 0 aliphatic carbocycles. The van der Waals surface area contributed by atoms with Crippen LogP contribution in [0.2, 0.25) is 0 Å². The van der Waals surface area contributed by atoms with E-state index in [1.807, 2.05) is 60.1 Å². The van der Waals surface area contributed by atoms with Gasteiger partial charge in [-0.1, -0.05) is 54.6 Å². The smallest absolute Gasteiger partial charge is 0.242 e. The minimum absolute atomic E-state index is 0.0324. The summed E-state index contributed by atoms with van der Waals surface area (Å²) < 4.78 is 7.32. The molecule has 194 valence electrons. The molecule has 0 radical (unpaired) electrons. The van der Waals surface area contributed by atoms with E-state index in [1.54, 1.807) is 32.9 Å². The molecule has 4 heterocycles. The molecule has 0 spiro atoms. The Kier molecular flexibility index (Phi) is 7.06. The van der Waals surface area contributed by atoms with Gasteiger partial charge in [-0.2, -0.15) is 5.10 Å². The number of morpholine rings is 1. The third kappa shape index (κ3) is 4.66. The number of anilines is 1. The predicted octanol–water partition coefficient (Wildman–Crippen LogP) is 4.94. The number of aryl methyl sites for hydroxylation is 1.